The van der Waals surface area contributed by atoms with Crippen LogP contribution in [0.1, 0.15) is 27.9 Å². The van der Waals surface area contributed by atoms with Gasteiger partial charge in [-0.2, -0.15) is 0 Å². The highest BCUT2D eigenvalue weighted by molar-refractivity contribution is 9.10. The minimum Gasteiger partial charge on any atom is -0.306 e. The van der Waals surface area contributed by atoms with Gasteiger partial charge in [0, 0.05) is 21.3 Å². The lowest BCUT2D eigenvalue weighted by atomic mass is 9.73. The van der Waals surface area contributed by atoms with Crippen molar-refractivity contribution < 1.29 is 9.59 Å². The molecule has 3 nitrogen and oxygen atoms in total. The smallest absolute Gasteiger partial charge is 0.246 e. The lowest BCUT2D eigenvalue weighted by Gasteiger charge is -2.26. The van der Waals surface area contributed by atoms with Crippen LogP contribution in [-0.2, 0) is 16.8 Å². The molecule has 1 aliphatic heterocycles. The highest BCUT2D eigenvalue weighted by Crippen LogP contribution is 2.47. The van der Waals surface area contributed by atoms with Crippen LogP contribution in [0.15, 0.2) is 96.0 Å². The second-order valence-corrected chi connectivity index (χ2v) is 8.05. The lowest BCUT2D eigenvalue weighted by molar-refractivity contribution is -0.121. The number of halogens is 1. The number of hydrogen-bond acceptors (Lipinski definition) is 2. The summed E-state index contributed by atoms with van der Waals surface area (Å²) in [4.78, 5) is 29.3. The van der Waals surface area contributed by atoms with E-state index in [1.54, 1.807) is 23.1 Å². The van der Waals surface area contributed by atoms with Gasteiger partial charge in [-0.1, -0.05) is 82.7 Å². The maximum absolute atomic E-state index is 13.8. The molecule has 1 aliphatic rings. The molecule has 0 N–H and O–H groups in total. The summed E-state index contributed by atoms with van der Waals surface area (Å²) >= 11 is 3.51. The van der Waals surface area contributed by atoms with Crippen molar-refractivity contribution >= 4 is 33.3 Å². The standard InChI is InChI=1S/C25H20BrNO2/c1-2-15-25(23(28)19-11-7-4-8-12-19)21-16-20(26)13-14-22(21)27(24(25)29)17-18-9-5-3-6-10-18/h2-14,16H,1,15,17H2. The molecule has 1 amide bonds. The number of amides is 1. The first-order valence-corrected chi connectivity index (χ1v) is 10.2. The fourth-order valence-corrected chi connectivity index (χ4v) is 4.39. The molecule has 4 rings (SSSR count). The van der Waals surface area contributed by atoms with Crippen molar-refractivity contribution in [1.29, 1.82) is 0 Å². The minimum absolute atomic E-state index is 0.196. The first-order chi connectivity index (χ1) is 14.1. The van der Waals surface area contributed by atoms with Crippen molar-refractivity contribution in [3.8, 4) is 0 Å². The second-order valence-electron chi connectivity index (χ2n) is 7.13. The number of allylic oxidation sites excluding steroid dienone is 1. The Morgan fingerprint density at radius 1 is 1.00 bits per heavy atom. The summed E-state index contributed by atoms with van der Waals surface area (Å²) in [5.74, 6) is -0.402. The van der Waals surface area contributed by atoms with Gasteiger partial charge in [0.05, 0.1) is 6.54 Å². The fourth-order valence-electron chi connectivity index (χ4n) is 4.03. The van der Waals surface area contributed by atoms with E-state index in [2.05, 4.69) is 22.5 Å². The van der Waals surface area contributed by atoms with Gasteiger partial charge in [-0.3, -0.25) is 9.59 Å². The number of Topliss-reactive ketones (excluding diaryl/α,β-unsaturated/α-hetero) is 1. The molecule has 144 valence electrons. The average molecular weight is 446 g/mol. The number of nitrogens with zero attached hydrogens (tertiary/aromatic N) is 1. The first-order valence-electron chi connectivity index (χ1n) is 9.44. The zero-order valence-corrected chi connectivity index (χ0v) is 17.4. The molecule has 4 heteroatoms. The van der Waals surface area contributed by atoms with Gasteiger partial charge in [0.25, 0.3) is 0 Å². The van der Waals surface area contributed by atoms with E-state index in [4.69, 9.17) is 0 Å². The van der Waals surface area contributed by atoms with Crippen LogP contribution < -0.4 is 4.90 Å². The Morgan fingerprint density at radius 3 is 2.31 bits per heavy atom. The van der Waals surface area contributed by atoms with E-state index in [0.29, 0.717) is 12.1 Å². The molecular weight excluding hydrogens is 426 g/mol. The van der Waals surface area contributed by atoms with Gasteiger partial charge in [-0.25, -0.2) is 0 Å². The third-order valence-corrected chi connectivity index (χ3v) is 5.87. The monoisotopic (exact) mass is 445 g/mol. The predicted molar refractivity (Wildman–Crippen MR) is 119 cm³/mol. The molecule has 1 atom stereocenters. The van der Waals surface area contributed by atoms with Gasteiger partial charge >= 0.3 is 0 Å². The Kier molecular flexibility index (Phi) is 5.20. The van der Waals surface area contributed by atoms with Gasteiger partial charge in [-0.15, -0.1) is 6.58 Å². The molecule has 3 aromatic carbocycles. The van der Waals surface area contributed by atoms with Gasteiger partial charge in [0.2, 0.25) is 5.91 Å². The summed E-state index contributed by atoms with van der Waals surface area (Å²) in [6.45, 7) is 4.26. The van der Waals surface area contributed by atoms with Crippen molar-refractivity contribution in [2.45, 2.75) is 18.4 Å². The van der Waals surface area contributed by atoms with E-state index < -0.39 is 5.41 Å². The van der Waals surface area contributed by atoms with Crippen LogP contribution in [-0.4, -0.2) is 11.7 Å². The third-order valence-electron chi connectivity index (χ3n) is 5.38. The van der Waals surface area contributed by atoms with Gasteiger partial charge in [0.15, 0.2) is 5.78 Å². The molecule has 0 radical (unpaired) electrons. The average Bonchev–Trinajstić information content (AvgIpc) is 2.97. The summed E-state index contributed by atoms with van der Waals surface area (Å²) in [5, 5.41) is 0. The molecule has 0 saturated carbocycles. The van der Waals surface area contributed by atoms with Crippen LogP contribution >= 0.6 is 15.9 Å². The molecule has 0 fully saturated rings. The first kappa shape index (κ1) is 19.3. The van der Waals surface area contributed by atoms with Gasteiger partial charge in [0.1, 0.15) is 5.41 Å². The zero-order valence-electron chi connectivity index (χ0n) is 15.8. The van der Waals surface area contributed by atoms with Crippen LogP contribution in [0.3, 0.4) is 0 Å². The van der Waals surface area contributed by atoms with Crippen molar-refractivity contribution in [2.75, 3.05) is 4.90 Å². The Morgan fingerprint density at radius 2 is 1.66 bits per heavy atom. The summed E-state index contributed by atoms with van der Waals surface area (Å²) in [5.41, 5.74) is 1.72. The highest BCUT2D eigenvalue weighted by Gasteiger charge is 2.55. The zero-order chi connectivity index (χ0) is 20.4. The van der Waals surface area contributed by atoms with E-state index >= 15 is 0 Å². The number of benzene rings is 3. The van der Waals surface area contributed by atoms with Crippen molar-refractivity contribution in [3.63, 3.8) is 0 Å². The van der Waals surface area contributed by atoms with Crippen molar-refractivity contribution in [1.82, 2.24) is 0 Å². The van der Waals surface area contributed by atoms with Crippen LogP contribution in [0.25, 0.3) is 0 Å². The topological polar surface area (TPSA) is 37.4 Å². The van der Waals surface area contributed by atoms with Crippen LogP contribution in [0.5, 0.6) is 0 Å². The van der Waals surface area contributed by atoms with Crippen LogP contribution in [0.4, 0.5) is 5.69 Å². The molecule has 0 aromatic heterocycles. The molecular formula is C25H20BrNO2. The SMILES string of the molecule is C=CCC1(C(=O)c2ccccc2)C(=O)N(Cc2ccccc2)c2ccc(Br)cc21. The highest BCUT2D eigenvalue weighted by atomic mass is 79.9. The number of fused-ring (bicyclic) bond motifs is 1. The van der Waals surface area contributed by atoms with Crippen molar-refractivity contribution in [3.05, 3.63) is 113 Å². The summed E-state index contributed by atoms with van der Waals surface area (Å²) in [6.07, 6.45) is 1.91. The van der Waals surface area contributed by atoms with E-state index in [1.807, 2.05) is 66.7 Å². The number of hydrogen-bond donors (Lipinski definition) is 0. The molecule has 3 aromatic rings. The predicted octanol–water partition coefficient (Wildman–Crippen LogP) is 5.69. The number of rotatable bonds is 6. The summed E-state index contributed by atoms with van der Waals surface area (Å²) < 4.78 is 0.833. The van der Waals surface area contributed by atoms with Crippen LogP contribution in [0.2, 0.25) is 0 Å². The van der Waals surface area contributed by atoms with E-state index in [0.717, 1.165) is 21.3 Å². The molecule has 0 spiro atoms. The molecule has 0 saturated heterocycles. The van der Waals surface area contributed by atoms with Gasteiger partial charge in [-0.05, 0) is 30.2 Å². The number of ketones is 1. The summed E-state index contributed by atoms with van der Waals surface area (Å²) in [6, 6.07) is 24.5. The number of carbonyl (C=O) groups is 2. The molecule has 1 unspecified atom stereocenters. The molecule has 0 aliphatic carbocycles. The second kappa shape index (κ2) is 7.80. The lowest BCUT2D eigenvalue weighted by Crippen LogP contribution is -2.46. The van der Waals surface area contributed by atoms with Gasteiger partial charge < -0.3 is 4.90 Å². The normalized spacial score (nSPS) is 17.8. The molecule has 0 bridgehead atoms. The molecule has 1 heterocycles. The Balaban J connectivity index is 1.89. The van der Waals surface area contributed by atoms with E-state index in [1.165, 1.54) is 0 Å². The maximum Gasteiger partial charge on any atom is 0.246 e. The number of carbonyl (C=O) groups excluding carboxylic acids is 2. The Hall–Kier alpha value is -2.98. The van der Waals surface area contributed by atoms with Crippen LogP contribution in [0, 0.1) is 0 Å². The Labute approximate surface area is 178 Å². The fraction of sp³-hybridized carbons (Fsp3) is 0.120. The molecule has 29 heavy (non-hydrogen) atoms. The third kappa shape index (κ3) is 3.23. The largest absolute Gasteiger partial charge is 0.306 e. The maximum atomic E-state index is 13.8. The quantitative estimate of drug-likeness (QED) is 0.277. The number of anilines is 1. The minimum atomic E-state index is -1.31. The van der Waals surface area contributed by atoms with E-state index in [-0.39, 0.29) is 18.1 Å². The summed E-state index contributed by atoms with van der Waals surface area (Å²) in [7, 11) is 0. The van der Waals surface area contributed by atoms with Crippen molar-refractivity contribution in [2.24, 2.45) is 0 Å². The Bertz CT molecular complexity index is 1080. The van der Waals surface area contributed by atoms with E-state index in [9.17, 15) is 9.59 Å².